The minimum atomic E-state index is 0.163. The molecule has 0 spiro atoms. The van der Waals surface area contributed by atoms with E-state index in [9.17, 15) is 4.79 Å². The summed E-state index contributed by atoms with van der Waals surface area (Å²) in [6.45, 7) is 4.43. The quantitative estimate of drug-likeness (QED) is 0.672. The molecule has 0 aromatic heterocycles. The average molecular weight is 224 g/mol. The van der Waals surface area contributed by atoms with Gasteiger partial charge in [0, 0.05) is 6.54 Å². The van der Waals surface area contributed by atoms with Gasteiger partial charge >= 0.3 is 0 Å². The average Bonchev–Trinajstić information content (AvgIpc) is 2.88. The number of hydrogen-bond acceptors (Lipinski definition) is 2. The van der Waals surface area contributed by atoms with Gasteiger partial charge in [0.1, 0.15) is 0 Å². The third-order valence-electron chi connectivity index (χ3n) is 4.16. The first-order valence-corrected chi connectivity index (χ1v) is 6.77. The third kappa shape index (κ3) is 2.97. The molecule has 2 bridgehead atoms. The highest BCUT2D eigenvalue weighted by molar-refractivity contribution is 5.77. The largest absolute Gasteiger partial charge is 0.355 e. The predicted molar refractivity (Wildman–Crippen MR) is 65.1 cm³/mol. The van der Waals surface area contributed by atoms with Gasteiger partial charge in [0.15, 0.2) is 0 Å². The predicted octanol–water partition coefficient (Wildman–Crippen LogP) is 1.54. The number of fused-ring (bicyclic) bond motifs is 2. The number of rotatable bonds is 6. The van der Waals surface area contributed by atoms with E-state index in [1.54, 1.807) is 0 Å². The Balaban J connectivity index is 1.59. The fourth-order valence-corrected chi connectivity index (χ4v) is 3.31. The summed E-state index contributed by atoms with van der Waals surface area (Å²) in [5.74, 6) is 2.82. The topological polar surface area (TPSA) is 41.1 Å². The fraction of sp³-hybridized carbons (Fsp3) is 0.923. The molecule has 2 saturated carbocycles. The molecule has 1 amide bonds. The van der Waals surface area contributed by atoms with E-state index in [-0.39, 0.29) is 5.91 Å². The lowest BCUT2D eigenvalue weighted by molar-refractivity contribution is -0.120. The van der Waals surface area contributed by atoms with E-state index in [0.29, 0.717) is 6.54 Å². The molecule has 0 saturated heterocycles. The molecule has 3 nitrogen and oxygen atoms in total. The van der Waals surface area contributed by atoms with E-state index in [1.165, 1.54) is 25.7 Å². The lowest BCUT2D eigenvalue weighted by Gasteiger charge is -2.21. The number of nitrogens with one attached hydrogen (secondary N) is 2. The molecule has 2 rings (SSSR count). The summed E-state index contributed by atoms with van der Waals surface area (Å²) in [5.41, 5.74) is 0. The zero-order valence-electron chi connectivity index (χ0n) is 10.3. The second-order valence-corrected chi connectivity index (χ2v) is 5.42. The molecule has 0 heterocycles. The van der Waals surface area contributed by atoms with Gasteiger partial charge in [-0.05, 0) is 50.0 Å². The Morgan fingerprint density at radius 2 is 2.19 bits per heavy atom. The molecule has 0 aliphatic heterocycles. The van der Waals surface area contributed by atoms with Crippen LogP contribution in [0.15, 0.2) is 0 Å². The van der Waals surface area contributed by atoms with Gasteiger partial charge in [0.05, 0.1) is 6.54 Å². The molecule has 16 heavy (non-hydrogen) atoms. The van der Waals surface area contributed by atoms with Gasteiger partial charge in [-0.15, -0.1) is 0 Å². The van der Waals surface area contributed by atoms with Crippen LogP contribution in [0.1, 0.15) is 39.0 Å². The maximum Gasteiger partial charge on any atom is 0.233 e. The monoisotopic (exact) mass is 224 g/mol. The summed E-state index contributed by atoms with van der Waals surface area (Å²) in [7, 11) is 0. The van der Waals surface area contributed by atoms with Crippen molar-refractivity contribution in [1.82, 2.24) is 10.6 Å². The highest BCUT2D eigenvalue weighted by atomic mass is 16.1. The zero-order valence-corrected chi connectivity index (χ0v) is 10.3. The van der Waals surface area contributed by atoms with Crippen molar-refractivity contribution in [3.63, 3.8) is 0 Å². The molecule has 3 atom stereocenters. The Hall–Kier alpha value is -0.570. The summed E-state index contributed by atoms with van der Waals surface area (Å²) >= 11 is 0. The maximum absolute atomic E-state index is 11.5. The Kier molecular flexibility index (Phi) is 4.22. The van der Waals surface area contributed by atoms with E-state index < -0.39 is 0 Å². The van der Waals surface area contributed by atoms with Crippen LogP contribution < -0.4 is 10.6 Å². The second kappa shape index (κ2) is 5.67. The lowest BCUT2D eigenvalue weighted by atomic mass is 9.89. The van der Waals surface area contributed by atoms with Crippen molar-refractivity contribution in [2.75, 3.05) is 19.6 Å². The van der Waals surface area contributed by atoms with Crippen molar-refractivity contribution >= 4 is 5.91 Å². The van der Waals surface area contributed by atoms with Crippen molar-refractivity contribution in [2.45, 2.75) is 39.0 Å². The minimum Gasteiger partial charge on any atom is -0.355 e. The summed E-state index contributed by atoms with van der Waals surface area (Å²) < 4.78 is 0. The van der Waals surface area contributed by atoms with Crippen LogP contribution in [-0.2, 0) is 4.79 Å². The van der Waals surface area contributed by atoms with Crippen LogP contribution in [0.3, 0.4) is 0 Å². The first-order valence-electron chi connectivity index (χ1n) is 6.77. The van der Waals surface area contributed by atoms with Gasteiger partial charge in [0.25, 0.3) is 0 Å². The summed E-state index contributed by atoms with van der Waals surface area (Å²) in [5, 5.41) is 6.20. The molecule has 92 valence electrons. The van der Waals surface area contributed by atoms with Gasteiger partial charge in [-0.25, -0.2) is 0 Å². The van der Waals surface area contributed by atoms with E-state index in [1.807, 2.05) is 0 Å². The van der Waals surface area contributed by atoms with Gasteiger partial charge in [-0.1, -0.05) is 13.3 Å². The molecule has 0 aromatic carbocycles. The summed E-state index contributed by atoms with van der Waals surface area (Å²) in [6.07, 6.45) is 6.70. The SMILES string of the molecule is CCCNCC(=O)NCC1CC2CCC1C2. The van der Waals surface area contributed by atoms with E-state index >= 15 is 0 Å². The lowest BCUT2D eigenvalue weighted by Crippen LogP contribution is -2.37. The first-order chi connectivity index (χ1) is 7.79. The molecule has 0 aromatic rings. The van der Waals surface area contributed by atoms with E-state index in [0.717, 1.165) is 37.3 Å². The van der Waals surface area contributed by atoms with E-state index in [4.69, 9.17) is 0 Å². The fourth-order valence-electron chi connectivity index (χ4n) is 3.31. The van der Waals surface area contributed by atoms with Crippen LogP contribution in [0.4, 0.5) is 0 Å². The van der Waals surface area contributed by atoms with Gasteiger partial charge in [-0.3, -0.25) is 4.79 Å². The molecule has 2 N–H and O–H groups in total. The van der Waals surface area contributed by atoms with Crippen LogP contribution in [-0.4, -0.2) is 25.5 Å². The number of carbonyl (C=O) groups excluding carboxylic acids is 1. The molecular formula is C13H24N2O. The number of carbonyl (C=O) groups is 1. The Morgan fingerprint density at radius 3 is 2.81 bits per heavy atom. The third-order valence-corrected chi connectivity index (χ3v) is 4.16. The summed E-state index contributed by atoms with van der Waals surface area (Å²) in [6, 6.07) is 0. The second-order valence-electron chi connectivity index (χ2n) is 5.42. The smallest absolute Gasteiger partial charge is 0.233 e. The highest BCUT2D eigenvalue weighted by Gasteiger charge is 2.39. The van der Waals surface area contributed by atoms with Crippen LogP contribution in [0, 0.1) is 17.8 Å². The Labute approximate surface area is 98.4 Å². The molecule has 0 radical (unpaired) electrons. The molecule has 2 fully saturated rings. The normalized spacial score (nSPS) is 31.9. The zero-order chi connectivity index (χ0) is 11.4. The van der Waals surface area contributed by atoms with Crippen molar-refractivity contribution in [1.29, 1.82) is 0 Å². The van der Waals surface area contributed by atoms with Crippen LogP contribution >= 0.6 is 0 Å². The minimum absolute atomic E-state index is 0.163. The summed E-state index contributed by atoms with van der Waals surface area (Å²) in [4.78, 5) is 11.5. The number of amides is 1. The highest BCUT2D eigenvalue weighted by Crippen LogP contribution is 2.47. The van der Waals surface area contributed by atoms with Gasteiger partial charge < -0.3 is 10.6 Å². The van der Waals surface area contributed by atoms with Crippen LogP contribution in [0.2, 0.25) is 0 Å². The standard InChI is InChI=1S/C13H24N2O/c1-2-5-14-9-13(16)15-8-12-7-10-3-4-11(12)6-10/h10-12,14H,2-9H2,1H3,(H,15,16). The molecule has 3 unspecified atom stereocenters. The molecular weight excluding hydrogens is 200 g/mol. The van der Waals surface area contributed by atoms with Crippen molar-refractivity contribution in [2.24, 2.45) is 17.8 Å². The van der Waals surface area contributed by atoms with Crippen molar-refractivity contribution < 1.29 is 4.79 Å². The van der Waals surface area contributed by atoms with E-state index in [2.05, 4.69) is 17.6 Å². The number of hydrogen-bond donors (Lipinski definition) is 2. The molecule has 3 heteroatoms. The van der Waals surface area contributed by atoms with Crippen molar-refractivity contribution in [3.05, 3.63) is 0 Å². The Morgan fingerprint density at radius 1 is 1.31 bits per heavy atom. The van der Waals surface area contributed by atoms with Crippen LogP contribution in [0.25, 0.3) is 0 Å². The van der Waals surface area contributed by atoms with Crippen molar-refractivity contribution in [3.8, 4) is 0 Å². The molecule has 2 aliphatic carbocycles. The Bertz CT molecular complexity index is 242. The van der Waals surface area contributed by atoms with Gasteiger partial charge in [-0.2, -0.15) is 0 Å². The van der Waals surface area contributed by atoms with Crippen LogP contribution in [0.5, 0.6) is 0 Å². The maximum atomic E-state index is 11.5. The first kappa shape index (κ1) is 11.9. The molecule has 2 aliphatic rings. The van der Waals surface area contributed by atoms with Gasteiger partial charge in [0.2, 0.25) is 5.91 Å².